The van der Waals surface area contributed by atoms with E-state index >= 15 is 0 Å². The number of hydrogen-bond donors (Lipinski definition) is 0. The van der Waals surface area contributed by atoms with E-state index in [0.717, 1.165) is 36.1 Å². The van der Waals surface area contributed by atoms with Crippen molar-refractivity contribution in [2.24, 2.45) is 0 Å². The summed E-state index contributed by atoms with van der Waals surface area (Å²) in [4.78, 5) is 24.8. The predicted molar refractivity (Wildman–Crippen MR) is 148 cm³/mol. The minimum absolute atomic E-state index is 0.0398. The van der Waals surface area contributed by atoms with Crippen LogP contribution < -0.4 is 9.47 Å². The molecule has 5 nitrogen and oxygen atoms in total. The number of rotatable bonds is 14. The highest BCUT2D eigenvalue weighted by Crippen LogP contribution is 2.30. The zero-order valence-corrected chi connectivity index (χ0v) is 23.4. The van der Waals surface area contributed by atoms with Gasteiger partial charge in [0, 0.05) is 6.07 Å². The van der Waals surface area contributed by atoms with Crippen LogP contribution in [0.1, 0.15) is 79.5 Å². The van der Waals surface area contributed by atoms with E-state index in [-0.39, 0.29) is 12.0 Å². The van der Waals surface area contributed by atoms with Crippen LogP contribution in [0.4, 0.5) is 22.0 Å². The molecule has 0 aliphatic rings. The number of unbranched alkanes of at least 4 members (excludes halogenated alkanes) is 4. The molecule has 0 aliphatic carbocycles. The van der Waals surface area contributed by atoms with Gasteiger partial charge in [-0.1, -0.05) is 63.8 Å². The Kier molecular flexibility index (Phi) is 11.9. The van der Waals surface area contributed by atoms with Crippen LogP contribution in [-0.4, -0.2) is 30.8 Å². The summed E-state index contributed by atoms with van der Waals surface area (Å²) in [5.74, 6) is -5.48. The number of carbonyl (C=O) groups is 2. The molecule has 1 atom stereocenters. The average molecular weight is 593 g/mol. The number of halogens is 5. The highest BCUT2D eigenvalue weighted by Gasteiger charge is 2.42. The van der Waals surface area contributed by atoms with E-state index in [0.29, 0.717) is 25.2 Å². The topological polar surface area (TPSA) is 61.8 Å². The lowest BCUT2D eigenvalue weighted by Crippen LogP contribution is -2.34. The molecule has 0 bridgehead atoms. The summed E-state index contributed by atoms with van der Waals surface area (Å²) in [6.07, 6.45) is -2.87. The maximum Gasteiger partial charge on any atom is 0.425 e. The Bertz CT molecular complexity index is 1320. The first-order valence-corrected chi connectivity index (χ1v) is 13.9. The average Bonchev–Trinajstić information content (AvgIpc) is 2.96. The highest BCUT2D eigenvalue weighted by molar-refractivity contribution is 5.92. The maximum absolute atomic E-state index is 14.6. The van der Waals surface area contributed by atoms with Crippen LogP contribution in [0, 0.1) is 11.6 Å². The lowest BCUT2D eigenvalue weighted by atomic mass is 10.0. The first-order valence-electron chi connectivity index (χ1n) is 13.9. The van der Waals surface area contributed by atoms with Crippen molar-refractivity contribution < 1.29 is 45.8 Å². The van der Waals surface area contributed by atoms with E-state index < -0.39 is 53.6 Å². The molecule has 3 aromatic carbocycles. The fourth-order valence-corrected chi connectivity index (χ4v) is 4.05. The summed E-state index contributed by atoms with van der Waals surface area (Å²) < 4.78 is 83.8. The van der Waals surface area contributed by atoms with Crippen LogP contribution in [0.3, 0.4) is 0 Å². The molecule has 0 aliphatic heterocycles. The molecule has 0 heterocycles. The van der Waals surface area contributed by atoms with Gasteiger partial charge in [0.2, 0.25) is 0 Å². The molecule has 3 aromatic rings. The van der Waals surface area contributed by atoms with Crippen LogP contribution in [0.2, 0.25) is 0 Å². The van der Waals surface area contributed by atoms with Gasteiger partial charge in [-0.05, 0) is 60.7 Å². The maximum atomic E-state index is 14.6. The smallest absolute Gasteiger partial charge is 0.425 e. The fourth-order valence-electron chi connectivity index (χ4n) is 4.05. The van der Waals surface area contributed by atoms with Gasteiger partial charge in [0.25, 0.3) is 0 Å². The van der Waals surface area contributed by atoms with Gasteiger partial charge in [-0.25, -0.2) is 18.4 Å². The summed E-state index contributed by atoms with van der Waals surface area (Å²) in [5.41, 5.74) is 0.650. The van der Waals surface area contributed by atoms with E-state index in [1.165, 1.54) is 18.6 Å². The molecule has 10 heteroatoms. The van der Waals surface area contributed by atoms with Gasteiger partial charge in [-0.15, -0.1) is 0 Å². The normalized spacial score (nSPS) is 12.1. The third kappa shape index (κ3) is 9.29. The van der Waals surface area contributed by atoms with E-state index in [2.05, 4.69) is 11.7 Å². The van der Waals surface area contributed by atoms with E-state index in [4.69, 9.17) is 9.47 Å². The molecular formula is C32H33F5O5. The number of carbonyl (C=O) groups excluding carboxylic acids is 2. The summed E-state index contributed by atoms with van der Waals surface area (Å²) in [7, 11) is 0. The second kappa shape index (κ2) is 15.3. The monoisotopic (exact) mass is 592 g/mol. The highest BCUT2D eigenvalue weighted by atomic mass is 19.4. The Morgan fingerprint density at radius 2 is 1.38 bits per heavy atom. The number of esters is 2. The third-order valence-electron chi connectivity index (χ3n) is 6.45. The Labute approximate surface area is 241 Å². The molecule has 0 saturated carbocycles. The molecule has 3 rings (SSSR count). The minimum Gasteiger partial charge on any atom is -0.494 e. The van der Waals surface area contributed by atoms with Gasteiger partial charge in [0.15, 0.2) is 17.7 Å². The minimum atomic E-state index is -4.86. The molecule has 0 radical (unpaired) electrons. The summed E-state index contributed by atoms with van der Waals surface area (Å²) in [5, 5.41) is 0. The fraction of sp³-hybridized carbons (Fsp3) is 0.375. The van der Waals surface area contributed by atoms with Crippen molar-refractivity contribution in [3.8, 4) is 22.6 Å². The summed E-state index contributed by atoms with van der Waals surface area (Å²) in [6.45, 7) is 4.45. The van der Waals surface area contributed by atoms with E-state index in [1.807, 2.05) is 24.3 Å². The second-order valence-electron chi connectivity index (χ2n) is 9.74. The lowest BCUT2D eigenvalue weighted by molar-refractivity contribution is -0.206. The molecular weight excluding hydrogens is 559 g/mol. The summed E-state index contributed by atoms with van der Waals surface area (Å²) >= 11 is 0. The molecule has 226 valence electrons. The largest absolute Gasteiger partial charge is 0.494 e. The second-order valence-corrected chi connectivity index (χ2v) is 9.74. The van der Waals surface area contributed by atoms with E-state index in [1.54, 1.807) is 19.1 Å². The molecule has 0 fully saturated rings. The quantitative estimate of drug-likeness (QED) is 0.0809. The van der Waals surface area contributed by atoms with Crippen molar-refractivity contribution in [2.75, 3.05) is 6.61 Å². The van der Waals surface area contributed by atoms with Crippen LogP contribution in [0.15, 0.2) is 60.7 Å². The molecule has 0 N–H and O–H groups in total. The van der Waals surface area contributed by atoms with E-state index in [9.17, 15) is 31.5 Å². The zero-order chi connectivity index (χ0) is 30.7. The number of hydrogen-bond acceptors (Lipinski definition) is 5. The molecule has 0 saturated heterocycles. The van der Waals surface area contributed by atoms with Crippen LogP contribution >= 0.6 is 0 Å². The molecule has 0 aromatic heterocycles. The molecule has 42 heavy (non-hydrogen) atoms. The molecule has 0 amide bonds. The first kappa shape index (κ1) is 32.6. The van der Waals surface area contributed by atoms with Gasteiger partial charge < -0.3 is 14.2 Å². The van der Waals surface area contributed by atoms with Gasteiger partial charge in [0.1, 0.15) is 11.6 Å². The Morgan fingerprint density at radius 1 is 0.762 bits per heavy atom. The van der Waals surface area contributed by atoms with Crippen LogP contribution in [0.5, 0.6) is 11.5 Å². The van der Waals surface area contributed by atoms with Gasteiger partial charge in [-0.3, -0.25) is 0 Å². The Balaban J connectivity index is 1.63. The van der Waals surface area contributed by atoms with Gasteiger partial charge in [0.05, 0.1) is 17.7 Å². The molecule has 0 unspecified atom stereocenters. The third-order valence-corrected chi connectivity index (χ3v) is 6.45. The standard InChI is InChI=1S/C32H33F5O5/c1-3-5-7-8-18-40-24-16-14-22(15-17-24)21-10-12-23(13-11-21)30(38)41-28-20-26(33)25(19-27(28)34)31(39)42-29(9-6-4-2)32(35,36)37/h10-17,19-20,29H,3-9,18H2,1-2H3/t29-/m0/s1. The van der Waals surface area contributed by atoms with Crippen molar-refractivity contribution in [1.29, 1.82) is 0 Å². The summed E-state index contributed by atoms with van der Waals surface area (Å²) in [6, 6.07) is 14.4. The van der Waals surface area contributed by atoms with Crippen LogP contribution in [-0.2, 0) is 4.74 Å². The van der Waals surface area contributed by atoms with Crippen molar-refractivity contribution in [3.05, 3.63) is 83.4 Å². The lowest BCUT2D eigenvalue weighted by Gasteiger charge is -2.20. The number of benzene rings is 3. The zero-order valence-electron chi connectivity index (χ0n) is 23.4. The van der Waals surface area contributed by atoms with Crippen molar-refractivity contribution in [3.63, 3.8) is 0 Å². The van der Waals surface area contributed by atoms with Crippen molar-refractivity contribution >= 4 is 11.9 Å². The van der Waals surface area contributed by atoms with Crippen molar-refractivity contribution in [1.82, 2.24) is 0 Å². The van der Waals surface area contributed by atoms with Gasteiger partial charge in [-0.2, -0.15) is 13.2 Å². The SMILES string of the molecule is CCCCCCOc1ccc(-c2ccc(C(=O)Oc3cc(F)c(C(=O)O[C@@H](CCCC)C(F)(F)F)cc3F)cc2)cc1. The number of ether oxygens (including phenoxy) is 3. The van der Waals surface area contributed by atoms with Gasteiger partial charge >= 0.3 is 18.1 Å². The predicted octanol–water partition coefficient (Wildman–Crippen LogP) is 9.09. The Morgan fingerprint density at radius 3 is 1.98 bits per heavy atom. The first-order chi connectivity index (χ1) is 20.0. The molecule has 0 spiro atoms. The van der Waals surface area contributed by atoms with Crippen LogP contribution in [0.25, 0.3) is 11.1 Å². The Hall–Kier alpha value is -3.95. The number of alkyl halides is 3. The van der Waals surface area contributed by atoms with Crippen molar-refractivity contribution in [2.45, 2.75) is 71.1 Å².